The van der Waals surface area contributed by atoms with Gasteiger partial charge in [-0.3, -0.25) is 9.80 Å². The predicted octanol–water partition coefficient (Wildman–Crippen LogP) is 4.55. The van der Waals surface area contributed by atoms with Crippen molar-refractivity contribution < 1.29 is 38.9 Å². The Kier molecular flexibility index (Phi) is 6.39. The Bertz CT molecular complexity index is 1450. The van der Waals surface area contributed by atoms with Crippen LogP contribution in [0.3, 0.4) is 0 Å². The van der Waals surface area contributed by atoms with E-state index in [1.807, 2.05) is 48.5 Å². The van der Waals surface area contributed by atoms with Crippen molar-refractivity contribution in [2.45, 2.75) is 101 Å². The summed E-state index contributed by atoms with van der Waals surface area (Å²) in [5, 5.41) is 28.0. The number of hydrogen-bond acceptors (Lipinski definition) is 8. The minimum absolute atomic E-state index is 0.0583. The molecule has 4 aliphatic rings. The number of fused-ring (bicyclic) bond motifs is 7. The van der Waals surface area contributed by atoms with E-state index in [9.17, 15) is 29.4 Å². The average molecular weight is 607 g/mol. The van der Waals surface area contributed by atoms with E-state index in [4.69, 9.17) is 9.47 Å². The monoisotopic (exact) mass is 606 g/mol. The molecule has 0 aromatic heterocycles. The molecule has 0 radical (unpaired) electrons. The number of anilines is 2. The van der Waals surface area contributed by atoms with Crippen LogP contribution < -0.4 is 10.6 Å². The molecule has 4 aliphatic heterocycles. The van der Waals surface area contributed by atoms with E-state index in [0.717, 1.165) is 11.1 Å². The smallest absolute Gasteiger partial charge is 0.412 e. The molecule has 0 bridgehead atoms. The molecular weight excluding hydrogens is 568 g/mol. The maximum Gasteiger partial charge on any atom is 0.412 e. The normalized spacial score (nSPS) is 30.0. The van der Waals surface area contributed by atoms with Gasteiger partial charge in [0.25, 0.3) is 0 Å². The Morgan fingerprint density at radius 2 is 1.02 bits per heavy atom. The highest BCUT2D eigenvalue weighted by atomic mass is 16.6. The molecule has 0 aliphatic carbocycles. The number of carbonyl (C=O) groups excluding carboxylic acids is 2. The zero-order chi connectivity index (χ0) is 32.0. The summed E-state index contributed by atoms with van der Waals surface area (Å²) >= 11 is 0. The van der Waals surface area contributed by atoms with Crippen molar-refractivity contribution in [2.24, 2.45) is 0 Å². The summed E-state index contributed by atoms with van der Waals surface area (Å²) < 4.78 is 11.5. The van der Waals surface area contributed by atoms with Crippen molar-refractivity contribution in [2.75, 3.05) is 10.6 Å². The minimum atomic E-state index is -1.31. The van der Waals surface area contributed by atoms with Gasteiger partial charge in [-0.15, -0.1) is 0 Å². The number of nitrogens with zero attached hydrogens (tertiary/aromatic N) is 2. The summed E-state index contributed by atoms with van der Waals surface area (Å²) in [4.78, 5) is 56.1. The number of carboxylic acid groups (broad SMARTS) is 2. The fourth-order valence-electron chi connectivity index (χ4n) is 7.90. The van der Waals surface area contributed by atoms with E-state index >= 15 is 0 Å². The largest absolute Gasteiger partial charge is 0.480 e. The Labute approximate surface area is 255 Å². The third-order valence-corrected chi connectivity index (χ3v) is 9.17. The number of aliphatic carboxylic acids is 2. The second-order valence-corrected chi connectivity index (χ2v) is 14.0. The van der Waals surface area contributed by atoms with Gasteiger partial charge in [-0.05, 0) is 77.6 Å². The number of benzene rings is 2. The first-order valence-electron chi connectivity index (χ1n) is 14.7. The lowest BCUT2D eigenvalue weighted by Crippen LogP contribution is -2.62. The number of nitrogens with one attached hydrogen (secondary N) is 2. The Balaban J connectivity index is 1.63. The Hall–Kier alpha value is -4.48. The van der Waals surface area contributed by atoms with Crippen molar-refractivity contribution in [3.8, 4) is 0 Å². The van der Waals surface area contributed by atoms with Gasteiger partial charge in [-0.2, -0.15) is 0 Å². The lowest BCUT2D eigenvalue weighted by atomic mass is 9.54. The molecule has 2 saturated heterocycles. The molecule has 12 nitrogen and oxygen atoms in total. The SMILES string of the molecule is CC(C)(C)OC(=O)N1[C@H]2Nc3ccccc3[C@@]2([C@@]23C[C@@H](C(=O)O)N(C(=O)OC(C)(C)C)[C@@H]2Nc2ccccc23)C[C@H]1C(=O)O. The van der Waals surface area contributed by atoms with E-state index in [-0.39, 0.29) is 12.8 Å². The highest BCUT2D eigenvalue weighted by Crippen LogP contribution is 2.68. The molecule has 2 amide bonds. The van der Waals surface area contributed by atoms with Crippen molar-refractivity contribution >= 4 is 35.5 Å². The number of ether oxygens (including phenoxy) is 2. The summed E-state index contributed by atoms with van der Waals surface area (Å²) in [5.74, 6) is -2.43. The molecule has 4 heterocycles. The van der Waals surface area contributed by atoms with Crippen LogP contribution in [0, 0.1) is 0 Å². The van der Waals surface area contributed by atoms with Crippen LogP contribution in [0.5, 0.6) is 0 Å². The summed E-state index contributed by atoms with van der Waals surface area (Å²) in [5.41, 5.74) is -1.38. The number of likely N-dealkylation sites (tertiary alicyclic amines) is 2. The van der Waals surface area contributed by atoms with Crippen molar-refractivity contribution in [1.29, 1.82) is 0 Å². The van der Waals surface area contributed by atoms with Crippen LogP contribution in [-0.2, 0) is 29.9 Å². The summed E-state index contributed by atoms with van der Waals surface area (Å²) in [6.07, 6.45) is -3.62. The van der Waals surface area contributed by atoms with Gasteiger partial charge in [-0.25, -0.2) is 19.2 Å². The quantitative estimate of drug-likeness (QED) is 0.391. The number of amides is 2. The first-order valence-corrected chi connectivity index (χ1v) is 14.7. The molecule has 0 saturated carbocycles. The second kappa shape index (κ2) is 9.51. The maximum atomic E-state index is 13.9. The molecule has 0 spiro atoms. The Morgan fingerprint density at radius 3 is 1.34 bits per heavy atom. The van der Waals surface area contributed by atoms with Crippen LogP contribution in [0.2, 0.25) is 0 Å². The number of para-hydroxylation sites is 2. The molecule has 234 valence electrons. The van der Waals surface area contributed by atoms with Gasteiger partial charge in [0.15, 0.2) is 0 Å². The van der Waals surface area contributed by atoms with Crippen LogP contribution in [0.25, 0.3) is 0 Å². The van der Waals surface area contributed by atoms with E-state index in [2.05, 4.69) is 10.6 Å². The zero-order valence-electron chi connectivity index (χ0n) is 25.6. The fourth-order valence-corrected chi connectivity index (χ4v) is 7.90. The summed E-state index contributed by atoms with van der Waals surface area (Å²) in [6.45, 7) is 10.2. The molecule has 44 heavy (non-hydrogen) atoms. The van der Waals surface area contributed by atoms with E-state index in [1.165, 1.54) is 9.80 Å². The summed E-state index contributed by atoms with van der Waals surface area (Å²) in [7, 11) is 0. The number of carboxylic acids is 2. The van der Waals surface area contributed by atoms with E-state index in [1.54, 1.807) is 41.5 Å². The molecule has 12 heteroatoms. The number of hydrogen-bond donors (Lipinski definition) is 4. The van der Waals surface area contributed by atoms with Crippen molar-refractivity contribution in [1.82, 2.24) is 9.80 Å². The minimum Gasteiger partial charge on any atom is -0.480 e. The molecule has 2 aromatic rings. The van der Waals surface area contributed by atoms with Crippen molar-refractivity contribution in [3.05, 3.63) is 59.7 Å². The summed E-state index contributed by atoms with van der Waals surface area (Å²) in [6, 6.07) is 12.2. The maximum absolute atomic E-state index is 13.9. The topological polar surface area (TPSA) is 158 Å². The van der Waals surface area contributed by atoms with Crippen LogP contribution in [0.1, 0.15) is 65.5 Å². The average Bonchev–Trinajstić information content (AvgIpc) is 3.60. The molecular formula is C32H38N4O8. The van der Waals surface area contributed by atoms with E-state index in [0.29, 0.717) is 11.4 Å². The van der Waals surface area contributed by atoms with E-state index < -0.39 is 70.6 Å². The molecule has 6 rings (SSSR count). The van der Waals surface area contributed by atoms with Crippen LogP contribution >= 0.6 is 0 Å². The molecule has 2 fully saturated rings. The zero-order valence-corrected chi connectivity index (χ0v) is 25.6. The molecule has 0 unspecified atom stereocenters. The van der Waals surface area contributed by atoms with Gasteiger partial charge in [0.05, 0.1) is 10.8 Å². The Morgan fingerprint density at radius 1 is 0.682 bits per heavy atom. The molecule has 2 aromatic carbocycles. The fraction of sp³-hybridized carbons (Fsp3) is 0.500. The van der Waals surface area contributed by atoms with Gasteiger partial charge < -0.3 is 30.3 Å². The van der Waals surface area contributed by atoms with Crippen LogP contribution in [0.15, 0.2) is 48.5 Å². The van der Waals surface area contributed by atoms with Gasteiger partial charge >= 0.3 is 24.1 Å². The number of rotatable bonds is 3. The second-order valence-electron chi connectivity index (χ2n) is 14.0. The van der Waals surface area contributed by atoms with Crippen molar-refractivity contribution in [3.63, 3.8) is 0 Å². The van der Waals surface area contributed by atoms with Gasteiger partial charge in [0, 0.05) is 11.4 Å². The highest BCUT2D eigenvalue weighted by molar-refractivity contribution is 5.88. The highest BCUT2D eigenvalue weighted by Gasteiger charge is 2.77. The molecule has 4 N–H and O–H groups in total. The van der Waals surface area contributed by atoms with Crippen LogP contribution in [-0.4, -0.2) is 79.8 Å². The third-order valence-electron chi connectivity index (χ3n) is 9.17. The van der Waals surface area contributed by atoms with Gasteiger partial charge in [0.2, 0.25) is 0 Å². The molecule has 6 atom stereocenters. The van der Waals surface area contributed by atoms with Gasteiger partial charge in [-0.1, -0.05) is 36.4 Å². The predicted molar refractivity (Wildman–Crippen MR) is 159 cm³/mol. The van der Waals surface area contributed by atoms with Gasteiger partial charge in [0.1, 0.15) is 35.6 Å². The number of carbonyl (C=O) groups is 4. The lowest BCUT2D eigenvalue weighted by molar-refractivity contribution is -0.143. The first-order chi connectivity index (χ1) is 20.5. The lowest BCUT2D eigenvalue weighted by Gasteiger charge is -2.48. The van der Waals surface area contributed by atoms with Crippen LogP contribution in [0.4, 0.5) is 21.0 Å². The third kappa shape index (κ3) is 4.10. The first kappa shape index (κ1) is 29.6. The standard InChI is InChI=1S/C32H38N4O8/c1-29(2,3)43-27(41)35-21(23(37)38)15-31(17-11-7-9-13-19(17)33-25(31)35)32-16-22(24(39)40)36(28(42)44-30(4,5)6)26(32)34-20-14-10-8-12-18(20)32/h7-14,21-22,25-26,33-34H,15-16H2,1-6H3,(H,37,38)(H,39,40)/t21-,22-,25-,26+,31+,32-/m0/s1.